The summed E-state index contributed by atoms with van der Waals surface area (Å²) < 4.78 is 25.2. The number of hydrogen-bond donors (Lipinski definition) is 2. The molecule has 2 N–H and O–H groups in total. The van der Waals surface area contributed by atoms with Crippen LogP contribution in [0.4, 0.5) is 5.69 Å². The highest BCUT2D eigenvalue weighted by molar-refractivity contribution is 7.92. The summed E-state index contributed by atoms with van der Waals surface area (Å²) >= 11 is 0. The molecule has 26 heavy (non-hydrogen) atoms. The zero-order chi connectivity index (χ0) is 18.7. The summed E-state index contributed by atoms with van der Waals surface area (Å²) in [6.07, 6.45) is 2.70. The fourth-order valence-electron chi connectivity index (χ4n) is 2.73. The van der Waals surface area contributed by atoms with Gasteiger partial charge in [0.15, 0.2) is 0 Å². The molecule has 1 aromatic heterocycles. The van der Waals surface area contributed by atoms with Crippen LogP contribution in [0.15, 0.2) is 60.8 Å². The molecule has 0 aliphatic rings. The van der Waals surface area contributed by atoms with E-state index < -0.39 is 10.0 Å². The van der Waals surface area contributed by atoms with Gasteiger partial charge in [-0.1, -0.05) is 36.4 Å². The maximum Gasteiger partial charge on any atom is 0.270 e. The Morgan fingerprint density at radius 1 is 1.08 bits per heavy atom. The summed E-state index contributed by atoms with van der Waals surface area (Å²) in [5, 5.41) is 4.64. The van der Waals surface area contributed by atoms with E-state index in [1.54, 1.807) is 24.4 Å². The number of sulfonamides is 1. The van der Waals surface area contributed by atoms with Gasteiger partial charge in [0.25, 0.3) is 5.91 Å². The topological polar surface area (TPSA) is 88.2 Å². The van der Waals surface area contributed by atoms with Crippen LogP contribution in [-0.4, -0.2) is 25.6 Å². The Kier molecular flexibility index (Phi) is 4.90. The Morgan fingerprint density at radius 2 is 1.85 bits per heavy atom. The molecule has 1 atom stereocenters. The van der Waals surface area contributed by atoms with E-state index in [9.17, 15) is 13.2 Å². The molecule has 1 amide bonds. The number of anilines is 1. The van der Waals surface area contributed by atoms with Crippen LogP contribution in [0.3, 0.4) is 0 Å². The first-order chi connectivity index (χ1) is 12.3. The third-order valence-electron chi connectivity index (χ3n) is 3.93. The average molecular weight is 369 g/mol. The first-order valence-electron chi connectivity index (χ1n) is 8.06. The maximum atomic E-state index is 12.7. The number of fused-ring (bicyclic) bond motifs is 1. The minimum Gasteiger partial charge on any atom is -0.344 e. The first kappa shape index (κ1) is 17.9. The second kappa shape index (κ2) is 7.13. The van der Waals surface area contributed by atoms with Gasteiger partial charge in [-0.3, -0.25) is 14.5 Å². The fraction of sp³-hybridized carbons (Fsp3) is 0.158. The van der Waals surface area contributed by atoms with Crippen molar-refractivity contribution >= 4 is 32.4 Å². The molecule has 7 heteroatoms. The highest BCUT2D eigenvalue weighted by Gasteiger charge is 2.15. The Balaban J connectivity index is 1.82. The van der Waals surface area contributed by atoms with Crippen LogP contribution >= 0.6 is 0 Å². The van der Waals surface area contributed by atoms with Crippen molar-refractivity contribution in [3.63, 3.8) is 0 Å². The average Bonchev–Trinajstić information content (AvgIpc) is 2.60. The van der Waals surface area contributed by atoms with Crippen molar-refractivity contribution in [2.75, 3.05) is 11.0 Å². The molecule has 0 bridgehead atoms. The summed E-state index contributed by atoms with van der Waals surface area (Å²) in [4.78, 5) is 16.9. The molecule has 0 aliphatic carbocycles. The molecular weight excluding hydrogens is 350 g/mol. The standard InChI is InChI=1S/C19H19N3O3S/c1-13(15-7-5-8-16(12-15)22-26(2,24)25)21-19(23)18-17-9-4-3-6-14(17)10-11-20-18/h3-13,22H,1-2H3,(H,21,23). The van der Waals surface area contributed by atoms with Crippen molar-refractivity contribution in [2.45, 2.75) is 13.0 Å². The lowest BCUT2D eigenvalue weighted by atomic mass is 10.1. The van der Waals surface area contributed by atoms with Gasteiger partial charge < -0.3 is 5.32 Å². The van der Waals surface area contributed by atoms with Gasteiger partial charge in [0.1, 0.15) is 5.69 Å². The number of carbonyl (C=O) groups excluding carboxylic acids is 1. The molecule has 3 aromatic rings. The normalized spacial score (nSPS) is 12.5. The predicted molar refractivity (Wildman–Crippen MR) is 103 cm³/mol. The third kappa shape index (κ3) is 4.18. The molecule has 0 saturated carbocycles. The minimum absolute atomic E-state index is 0.282. The molecule has 2 aromatic carbocycles. The van der Waals surface area contributed by atoms with Crippen LogP contribution in [0, 0.1) is 0 Å². The van der Waals surface area contributed by atoms with Gasteiger partial charge in [0, 0.05) is 17.3 Å². The van der Waals surface area contributed by atoms with Crippen LogP contribution in [0.25, 0.3) is 10.8 Å². The SMILES string of the molecule is CC(NC(=O)c1nccc2ccccc12)c1cccc(NS(C)(=O)=O)c1. The molecule has 1 heterocycles. The summed E-state index contributed by atoms with van der Waals surface area (Å²) in [6.45, 7) is 1.84. The van der Waals surface area contributed by atoms with Crippen molar-refractivity contribution in [3.05, 3.63) is 72.1 Å². The van der Waals surface area contributed by atoms with E-state index in [4.69, 9.17) is 0 Å². The van der Waals surface area contributed by atoms with Crippen LogP contribution in [0.1, 0.15) is 29.0 Å². The van der Waals surface area contributed by atoms with Gasteiger partial charge in [0.2, 0.25) is 10.0 Å². The number of benzene rings is 2. The fourth-order valence-corrected chi connectivity index (χ4v) is 3.29. The highest BCUT2D eigenvalue weighted by atomic mass is 32.2. The van der Waals surface area contributed by atoms with Gasteiger partial charge in [-0.25, -0.2) is 8.42 Å². The predicted octanol–water partition coefficient (Wildman–Crippen LogP) is 3.10. The first-order valence-corrected chi connectivity index (χ1v) is 9.95. The molecule has 134 valence electrons. The van der Waals surface area contributed by atoms with E-state index in [0.29, 0.717) is 11.4 Å². The zero-order valence-corrected chi connectivity index (χ0v) is 15.2. The summed E-state index contributed by atoms with van der Waals surface area (Å²) in [6, 6.07) is 16.0. The molecule has 0 aliphatic heterocycles. The van der Waals surface area contributed by atoms with Gasteiger partial charge >= 0.3 is 0 Å². The number of pyridine rings is 1. The lowest BCUT2D eigenvalue weighted by molar-refractivity contribution is 0.0936. The molecule has 1 unspecified atom stereocenters. The quantitative estimate of drug-likeness (QED) is 0.723. The monoisotopic (exact) mass is 369 g/mol. The zero-order valence-electron chi connectivity index (χ0n) is 14.4. The maximum absolute atomic E-state index is 12.7. The van der Waals surface area contributed by atoms with Crippen LogP contribution in [0.5, 0.6) is 0 Å². The number of carbonyl (C=O) groups is 1. The number of rotatable bonds is 5. The van der Waals surface area contributed by atoms with Gasteiger partial charge in [-0.2, -0.15) is 0 Å². The van der Waals surface area contributed by atoms with Crippen molar-refractivity contribution in [1.29, 1.82) is 0 Å². The molecule has 0 fully saturated rings. The van der Waals surface area contributed by atoms with Gasteiger partial charge in [-0.15, -0.1) is 0 Å². The molecule has 0 saturated heterocycles. The van der Waals surface area contributed by atoms with Crippen LogP contribution in [-0.2, 0) is 10.0 Å². The lowest BCUT2D eigenvalue weighted by Crippen LogP contribution is -2.27. The number of nitrogens with one attached hydrogen (secondary N) is 2. The van der Waals surface area contributed by atoms with Crippen molar-refractivity contribution in [3.8, 4) is 0 Å². The molecular formula is C19H19N3O3S. The molecule has 0 spiro atoms. The Hall–Kier alpha value is -2.93. The number of hydrogen-bond acceptors (Lipinski definition) is 4. The van der Waals surface area contributed by atoms with Crippen LogP contribution < -0.4 is 10.0 Å². The molecule has 6 nitrogen and oxygen atoms in total. The smallest absolute Gasteiger partial charge is 0.270 e. The van der Waals surface area contributed by atoms with Crippen LogP contribution in [0.2, 0.25) is 0 Å². The molecule has 0 radical (unpaired) electrons. The number of amides is 1. The van der Waals surface area contributed by atoms with Gasteiger partial charge in [-0.05, 0) is 36.1 Å². The van der Waals surface area contributed by atoms with Crippen molar-refractivity contribution in [2.24, 2.45) is 0 Å². The summed E-state index contributed by atoms with van der Waals surface area (Å²) in [5.74, 6) is -0.282. The van der Waals surface area contributed by atoms with Crippen molar-refractivity contribution < 1.29 is 13.2 Å². The van der Waals surface area contributed by atoms with E-state index in [-0.39, 0.29) is 11.9 Å². The molecule has 3 rings (SSSR count). The third-order valence-corrected chi connectivity index (χ3v) is 4.53. The van der Waals surface area contributed by atoms with Gasteiger partial charge in [0.05, 0.1) is 12.3 Å². The van der Waals surface area contributed by atoms with E-state index >= 15 is 0 Å². The highest BCUT2D eigenvalue weighted by Crippen LogP contribution is 2.20. The number of nitrogens with zero attached hydrogens (tertiary/aromatic N) is 1. The van der Waals surface area contributed by atoms with Crippen molar-refractivity contribution in [1.82, 2.24) is 10.3 Å². The second-order valence-electron chi connectivity index (χ2n) is 6.08. The largest absolute Gasteiger partial charge is 0.344 e. The minimum atomic E-state index is -3.36. The summed E-state index contributed by atoms with van der Waals surface area (Å²) in [5.41, 5.74) is 1.60. The summed E-state index contributed by atoms with van der Waals surface area (Å²) in [7, 11) is -3.36. The second-order valence-corrected chi connectivity index (χ2v) is 7.82. The Labute approximate surface area is 152 Å². The lowest BCUT2D eigenvalue weighted by Gasteiger charge is -2.16. The van der Waals surface area contributed by atoms with E-state index in [0.717, 1.165) is 22.6 Å². The van der Waals surface area contributed by atoms with E-state index in [2.05, 4.69) is 15.0 Å². The Bertz CT molecular complexity index is 1060. The number of aromatic nitrogens is 1. The Morgan fingerprint density at radius 3 is 2.62 bits per heavy atom. The van der Waals surface area contributed by atoms with E-state index in [1.165, 1.54) is 0 Å². The van der Waals surface area contributed by atoms with E-state index in [1.807, 2.05) is 43.3 Å².